The normalized spacial score (nSPS) is 18.8. The fourth-order valence-electron chi connectivity index (χ4n) is 2.10. The number of aryl methyl sites for hydroxylation is 2. The van der Waals surface area contributed by atoms with Crippen LogP contribution in [0.4, 0.5) is 0 Å². The molecule has 1 aliphatic rings. The molecule has 0 saturated carbocycles. The third kappa shape index (κ3) is 3.56. The summed E-state index contributed by atoms with van der Waals surface area (Å²) in [6.07, 6.45) is 4.16. The van der Waals surface area contributed by atoms with Crippen LogP contribution in [0, 0.1) is 6.92 Å². The van der Waals surface area contributed by atoms with Crippen LogP contribution in [-0.4, -0.2) is 44.2 Å². The lowest BCUT2D eigenvalue weighted by molar-refractivity contribution is 0.193. The van der Waals surface area contributed by atoms with Gasteiger partial charge in [0, 0.05) is 31.0 Å². The summed E-state index contributed by atoms with van der Waals surface area (Å²) in [5.41, 5.74) is 1.06. The quantitative estimate of drug-likeness (QED) is 0.601. The summed E-state index contributed by atoms with van der Waals surface area (Å²) in [7, 11) is 0. The molecule has 2 aromatic heterocycles. The standard InChI is InChI=1S/C12H17N5OS2/c1-9-13-15-12(20-9)19-6-2-4-17-7-11(14-16-17)10-3-5-18-8-10/h7,10H,2-6,8H2,1H3/t10-/m0/s1. The van der Waals surface area contributed by atoms with Gasteiger partial charge in [-0.05, 0) is 19.8 Å². The van der Waals surface area contributed by atoms with Crippen molar-refractivity contribution in [2.24, 2.45) is 0 Å². The van der Waals surface area contributed by atoms with Crippen molar-refractivity contribution in [3.63, 3.8) is 0 Å². The van der Waals surface area contributed by atoms with E-state index in [0.717, 1.165) is 53.4 Å². The first-order chi connectivity index (χ1) is 9.81. The molecule has 1 aliphatic heterocycles. The van der Waals surface area contributed by atoms with E-state index in [4.69, 9.17) is 4.74 Å². The van der Waals surface area contributed by atoms with Gasteiger partial charge in [-0.15, -0.1) is 15.3 Å². The molecular weight excluding hydrogens is 294 g/mol. The summed E-state index contributed by atoms with van der Waals surface area (Å²) in [5, 5.41) is 17.6. The van der Waals surface area contributed by atoms with Gasteiger partial charge in [0.1, 0.15) is 5.01 Å². The monoisotopic (exact) mass is 311 g/mol. The number of hydrogen-bond donors (Lipinski definition) is 0. The Morgan fingerprint density at radius 2 is 2.40 bits per heavy atom. The predicted octanol–water partition coefficient (Wildman–Crippen LogP) is 2.12. The maximum Gasteiger partial charge on any atom is 0.174 e. The molecular formula is C12H17N5OS2. The second kappa shape index (κ2) is 6.64. The van der Waals surface area contributed by atoms with Crippen molar-refractivity contribution in [2.75, 3.05) is 19.0 Å². The third-order valence-electron chi connectivity index (χ3n) is 3.17. The van der Waals surface area contributed by atoms with Gasteiger partial charge in [-0.1, -0.05) is 28.3 Å². The molecule has 0 spiro atoms. The van der Waals surface area contributed by atoms with Crippen molar-refractivity contribution in [3.8, 4) is 0 Å². The number of aromatic nitrogens is 5. The molecule has 3 heterocycles. The summed E-state index contributed by atoms with van der Waals surface area (Å²) >= 11 is 3.40. The zero-order valence-corrected chi connectivity index (χ0v) is 13.0. The van der Waals surface area contributed by atoms with Crippen LogP contribution >= 0.6 is 23.1 Å². The van der Waals surface area contributed by atoms with Gasteiger partial charge in [0.25, 0.3) is 0 Å². The molecule has 0 amide bonds. The van der Waals surface area contributed by atoms with Crippen LogP contribution in [0.5, 0.6) is 0 Å². The molecule has 0 aliphatic carbocycles. The van der Waals surface area contributed by atoms with Crippen LogP contribution in [0.1, 0.15) is 29.5 Å². The first kappa shape index (κ1) is 14.0. The van der Waals surface area contributed by atoms with Crippen molar-refractivity contribution < 1.29 is 4.74 Å². The lowest BCUT2D eigenvalue weighted by Crippen LogP contribution is -2.00. The molecule has 0 unspecified atom stereocenters. The fraction of sp³-hybridized carbons (Fsp3) is 0.667. The van der Waals surface area contributed by atoms with Gasteiger partial charge in [0.2, 0.25) is 0 Å². The minimum atomic E-state index is 0.433. The molecule has 8 heteroatoms. The maximum atomic E-state index is 5.38. The van der Waals surface area contributed by atoms with Crippen LogP contribution in [0.3, 0.4) is 0 Å². The van der Waals surface area contributed by atoms with Crippen LogP contribution < -0.4 is 0 Å². The van der Waals surface area contributed by atoms with Gasteiger partial charge < -0.3 is 4.74 Å². The number of hydrogen-bond acceptors (Lipinski definition) is 7. The van der Waals surface area contributed by atoms with Crippen molar-refractivity contribution in [2.45, 2.75) is 36.6 Å². The minimum absolute atomic E-state index is 0.433. The van der Waals surface area contributed by atoms with Gasteiger partial charge in [0.05, 0.1) is 12.3 Å². The number of ether oxygens (including phenoxy) is 1. The topological polar surface area (TPSA) is 65.7 Å². The Kier molecular flexibility index (Phi) is 4.64. The molecule has 108 valence electrons. The average molecular weight is 311 g/mol. The van der Waals surface area contributed by atoms with Crippen molar-refractivity contribution >= 4 is 23.1 Å². The molecule has 0 N–H and O–H groups in total. The highest BCUT2D eigenvalue weighted by molar-refractivity contribution is 8.01. The minimum Gasteiger partial charge on any atom is -0.381 e. The highest BCUT2D eigenvalue weighted by Gasteiger charge is 2.20. The van der Waals surface area contributed by atoms with E-state index in [1.54, 1.807) is 23.1 Å². The van der Waals surface area contributed by atoms with Gasteiger partial charge in [-0.2, -0.15) is 0 Å². The van der Waals surface area contributed by atoms with Crippen LogP contribution in [-0.2, 0) is 11.3 Å². The summed E-state index contributed by atoms with van der Waals surface area (Å²) in [5.74, 6) is 1.46. The zero-order chi connectivity index (χ0) is 13.8. The molecule has 2 aromatic rings. The van der Waals surface area contributed by atoms with Crippen molar-refractivity contribution in [1.29, 1.82) is 0 Å². The molecule has 1 atom stereocenters. The van der Waals surface area contributed by atoms with E-state index in [2.05, 4.69) is 26.7 Å². The Balaban J connectivity index is 1.42. The van der Waals surface area contributed by atoms with Crippen molar-refractivity contribution in [3.05, 3.63) is 16.9 Å². The Morgan fingerprint density at radius 1 is 1.45 bits per heavy atom. The molecule has 3 rings (SSSR count). The van der Waals surface area contributed by atoms with E-state index in [1.807, 2.05) is 11.6 Å². The Labute approximate surface area is 125 Å². The first-order valence-corrected chi connectivity index (χ1v) is 8.52. The SMILES string of the molecule is Cc1nnc(SCCCn2cc([C@H]3CCOC3)nn2)s1. The van der Waals surface area contributed by atoms with E-state index < -0.39 is 0 Å². The summed E-state index contributed by atoms with van der Waals surface area (Å²) in [4.78, 5) is 0. The molecule has 0 radical (unpaired) electrons. The maximum absolute atomic E-state index is 5.38. The van der Waals surface area contributed by atoms with Crippen LogP contribution in [0.2, 0.25) is 0 Å². The fourth-order valence-corrected chi connectivity index (χ4v) is 3.91. The molecule has 20 heavy (non-hydrogen) atoms. The van der Waals surface area contributed by atoms with Gasteiger partial charge in [-0.25, -0.2) is 0 Å². The predicted molar refractivity (Wildman–Crippen MR) is 78.2 cm³/mol. The molecule has 0 bridgehead atoms. The number of rotatable bonds is 6. The largest absolute Gasteiger partial charge is 0.381 e. The van der Waals surface area contributed by atoms with Gasteiger partial charge >= 0.3 is 0 Å². The Morgan fingerprint density at radius 3 is 3.15 bits per heavy atom. The number of nitrogens with zero attached hydrogens (tertiary/aromatic N) is 5. The molecule has 1 fully saturated rings. The zero-order valence-electron chi connectivity index (χ0n) is 11.4. The van der Waals surface area contributed by atoms with E-state index in [-0.39, 0.29) is 0 Å². The summed E-state index contributed by atoms with van der Waals surface area (Å²) in [6, 6.07) is 0. The van der Waals surface area contributed by atoms with E-state index >= 15 is 0 Å². The molecule has 1 saturated heterocycles. The van der Waals surface area contributed by atoms with Crippen LogP contribution in [0.25, 0.3) is 0 Å². The highest BCUT2D eigenvalue weighted by atomic mass is 32.2. The van der Waals surface area contributed by atoms with E-state index in [1.165, 1.54) is 0 Å². The Hall–Kier alpha value is -0.990. The second-order valence-corrected chi connectivity index (χ2v) is 7.28. The summed E-state index contributed by atoms with van der Waals surface area (Å²) in [6.45, 7) is 4.50. The van der Waals surface area contributed by atoms with Gasteiger partial charge in [0.15, 0.2) is 4.34 Å². The first-order valence-electron chi connectivity index (χ1n) is 6.72. The van der Waals surface area contributed by atoms with E-state index in [9.17, 15) is 0 Å². The third-order valence-corrected chi connectivity index (χ3v) is 5.23. The lowest BCUT2D eigenvalue weighted by atomic mass is 10.1. The second-order valence-electron chi connectivity index (χ2n) is 4.76. The van der Waals surface area contributed by atoms with Crippen molar-refractivity contribution in [1.82, 2.24) is 25.2 Å². The number of thioether (sulfide) groups is 1. The van der Waals surface area contributed by atoms with E-state index in [0.29, 0.717) is 5.92 Å². The molecule has 6 nitrogen and oxygen atoms in total. The molecule has 0 aromatic carbocycles. The highest BCUT2D eigenvalue weighted by Crippen LogP contribution is 2.24. The lowest BCUT2D eigenvalue weighted by Gasteiger charge is -2.01. The van der Waals surface area contributed by atoms with Crippen LogP contribution in [0.15, 0.2) is 10.5 Å². The summed E-state index contributed by atoms with van der Waals surface area (Å²) < 4.78 is 8.35. The van der Waals surface area contributed by atoms with Gasteiger partial charge in [-0.3, -0.25) is 4.68 Å². The Bertz CT molecular complexity index is 550. The smallest absolute Gasteiger partial charge is 0.174 e. The average Bonchev–Trinajstić information content (AvgIpc) is 3.16.